The lowest BCUT2D eigenvalue weighted by molar-refractivity contribution is 0.414. The molecule has 0 amide bonds. The van der Waals surface area contributed by atoms with Crippen LogP contribution in [0.2, 0.25) is 0 Å². The molecule has 1 aromatic heterocycles. The van der Waals surface area contributed by atoms with Crippen molar-refractivity contribution >= 4 is 11.3 Å². The molecule has 1 aromatic carbocycles. The van der Waals surface area contributed by atoms with Gasteiger partial charge in [0.05, 0.1) is 7.11 Å². The van der Waals surface area contributed by atoms with E-state index in [1.54, 1.807) is 7.11 Å². The van der Waals surface area contributed by atoms with Gasteiger partial charge in [-0.1, -0.05) is 12.1 Å². The Morgan fingerprint density at radius 3 is 2.50 bits per heavy atom. The average Bonchev–Trinajstić information content (AvgIpc) is 2.81. The number of thiophene rings is 1. The van der Waals surface area contributed by atoms with E-state index in [2.05, 4.69) is 42.7 Å². The summed E-state index contributed by atoms with van der Waals surface area (Å²) in [4.78, 5) is 1.41. The number of hydrogen-bond acceptors (Lipinski definition) is 3. The molecule has 0 spiro atoms. The van der Waals surface area contributed by atoms with Gasteiger partial charge < -0.3 is 10.1 Å². The number of nitrogens with one attached hydrogen (secondary N) is 1. The molecule has 0 bridgehead atoms. The lowest BCUT2D eigenvalue weighted by Gasteiger charge is -2.14. The second kappa shape index (κ2) is 6.03. The van der Waals surface area contributed by atoms with Crippen LogP contribution in [0.5, 0.6) is 5.75 Å². The van der Waals surface area contributed by atoms with Gasteiger partial charge in [0.2, 0.25) is 0 Å². The molecule has 0 aliphatic carbocycles. The highest BCUT2D eigenvalue weighted by atomic mass is 32.1. The molecule has 0 radical (unpaired) electrons. The van der Waals surface area contributed by atoms with Crippen LogP contribution in [0.1, 0.15) is 29.0 Å². The van der Waals surface area contributed by atoms with E-state index in [4.69, 9.17) is 4.74 Å². The molecule has 1 N–H and O–H groups in total. The van der Waals surface area contributed by atoms with Crippen molar-refractivity contribution in [1.29, 1.82) is 0 Å². The second-order valence-corrected chi connectivity index (χ2v) is 5.40. The fourth-order valence-electron chi connectivity index (χ4n) is 1.84. The molecule has 2 rings (SSSR count). The summed E-state index contributed by atoms with van der Waals surface area (Å²) in [6, 6.07) is 10.7. The van der Waals surface area contributed by atoms with Crippen molar-refractivity contribution in [2.45, 2.75) is 26.4 Å². The fraction of sp³-hybridized carbons (Fsp3) is 0.333. The third-order valence-electron chi connectivity index (χ3n) is 3.15. The number of benzene rings is 1. The van der Waals surface area contributed by atoms with Gasteiger partial charge in [0.15, 0.2) is 0 Å². The zero-order valence-corrected chi connectivity index (χ0v) is 11.9. The summed E-state index contributed by atoms with van der Waals surface area (Å²) in [6.45, 7) is 5.27. The van der Waals surface area contributed by atoms with Gasteiger partial charge in [0.25, 0.3) is 0 Å². The van der Waals surface area contributed by atoms with E-state index < -0.39 is 0 Å². The topological polar surface area (TPSA) is 21.3 Å². The first-order valence-corrected chi connectivity index (χ1v) is 6.99. The van der Waals surface area contributed by atoms with E-state index in [1.165, 1.54) is 16.0 Å². The zero-order chi connectivity index (χ0) is 13.0. The summed E-state index contributed by atoms with van der Waals surface area (Å²) in [5, 5.41) is 5.69. The number of aryl methyl sites for hydroxylation is 1. The Morgan fingerprint density at radius 2 is 1.94 bits per heavy atom. The molecule has 0 aliphatic heterocycles. The first-order valence-electron chi connectivity index (χ1n) is 6.11. The molecule has 1 heterocycles. The van der Waals surface area contributed by atoms with Gasteiger partial charge in [0, 0.05) is 17.5 Å². The molecule has 0 aliphatic rings. The molecular weight excluding hydrogens is 242 g/mol. The SMILES string of the molecule is COc1ccc([C@@H](C)NCc2sccc2C)cc1. The van der Waals surface area contributed by atoms with E-state index in [0.29, 0.717) is 6.04 Å². The van der Waals surface area contributed by atoms with E-state index in [9.17, 15) is 0 Å². The van der Waals surface area contributed by atoms with Crippen molar-refractivity contribution in [2.75, 3.05) is 7.11 Å². The van der Waals surface area contributed by atoms with Crippen molar-refractivity contribution in [3.63, 3.8) is 0 Å². The molecule has 0 unspecified atom stereocenters. The Bertz CT molecular complexity index is 489. The van der Waals surface area contributed by atoms with Crippen molar-refractivity contribution in [1.82, 2.24) is 5.32 Å². The highest BCUT2D eigenvalue weighted by Crippen LogP contribution is 2.20. The summed E-state index contributed by atoms with van der Waals surface area (Å²) in [6.07, 6.45) is 0. The van der Waals surface area contributed by atoms with Crippen molar-refractivity contribution in [3.05, 3.63) is 51.7 Å². The Labute approximate surface area is 113 Å². The van der Waals surface area contributed by atoms with Crippen LogP contribution in [0.3, 0.4) is 0 Å². The Hall–Kier alpha value is -1.32. The number of methoxy groups -OCH3 is 1. The normalized spacial score (nSPS) is 12.4. The summed E-state index contributed by atoms with van der Waals surface area (Å²) in [5.74, 6) is 0.903. The smallest absolute Gasteiger partial charge is 0.118 e. The first-order chi connectivity index (χ1) is 8.70. The minimum atomic E-state index is 0.345. The van der Waals surface area contributed by atoms with Crippen LogP contribution >= 0.6 is 11.3 Å². The van der Waals surface area contributed by atoms with Crippen molar-refractivity contribution < 1.29 is 4.74 Å². The van der Waals surface area contributed by atoms with Crippen LogP contribution in [0, 0.1) is 6.92 Å². The van der Waals surface area contributed by atoms with Crippen molar-refractivity contribution in [3.8, 4) is 5.75 Å². The fourth-order valence-corrected chi connectivity index (χ4v) is 2.70. The molecule has 0 saturated carbocycles. The van der Waals surface area contributed by atoms with Crippen LogP contribution in [0.25, 0.3) is 0 Å². The summed E-state index contributed by atoms with van der Waals surface area (Å²) in [5.41, 5.74) is 2.65. The standard InChI is InChI=1S/C15H19NOS/c1-11-8-9-18-15(11)10-16-12(2)13-4-6-14(17-3)7-5-13/h4-9,12,16H,10H2,1-3H3/t12-/m1/s1. The second-order valence-electron chi connectivity index (χ2n) is 4.40. The summed E-state index contributed by atoms with van der Waals surface area (Å²) < 4.78 is 5.16. The third-order valence-corrected chi connectivity index (χ3v) is 4.18. The van der Waals surface area contributed by atoms with Gasteiger partial charge in [-0.25, -0.2) is 0 Å². The minimum Gasteiger partial charge on any atom is -0.497 e. The van der Waals surface area contributed by atoms with Crippen LogP contribution in [0.4, 0.5) is 0 Å². The first kappa shape index (κ1) is 13.1. The highest BCUT2D eigenvalue weighted by molar-refractivity contribution is 7.10. The maximum atomic E-state index is 5.16. The molecule has 3 heteroatoms. The number of rotatable bonds is 5. The summed E-state index contributed by atoms with van der Waals surface area (Å²) in [7, 11) is 1.69. The van der Waals surface area contributed by atoms with E-state index in [0.717, 1.165) is 12.3 Å². The van der Waals surface area contributed by atoms with E-state index in [1.807, 2.05) is 23.5 Å². The molecule has 0 saturated heterocycles. The molecule has 2 nitrogen and oxygen atoms in total. The average molecular weight is 261 g/mol. The Kier molecular flexibility index (Phi) is 4.39. The molecule has 96 valence electrons. The van der Waals surface area contributed by atoms with Crippen LogP contribution in [0.15, 0.2) is 35.7 Å². The van der Waals surface area contributed by atoms with Gasteiger partial charge >= 0.3 is 0 Å². The molecule has 2 aromatic rings. The molecule has 1 atom stereocenters. The Morgan fingerprint density at radius 1 is 1.22 bits per heavy atom. The number of ether oxygens (including phenoxy) is 1. The van der Waals surface area contributed by atoms with Crippen LogP contribution in [-0.4, -0.2) is 7.11 Å². The van der Waals surface area contributed by atoms with E-state index >= 15 is 0 Å². The lowest BCUT2D eigenvalue weighted by atomic mass is 10.1. The predicted octanol–water partition coefficient (Wildman–Crippen LogP) is 3.92. The predicted molar refractivity (Wildman–Crippen MR) is 77.3 cm³/mol. The molecule has 18 heavy (non-hydrogen) atoms. The zero-order valence-electron chi connectivity index (χ0n) is 11.1. The largest absolute Gasteiger partial charge is 0.497 e. The lowest BCUT2D eigenvalue weighted by Crippen LogP contribution is -2.17. The van der Waals surface area contributed by atoms with Gasteiger partial charge in [-0.3, -0.25) is 0 Å². The maximum Gasteiger partial charge on any atom is 0.118 e. The third kappa shape index (κ3) is 3.12. The molecular formula is C15H19NOS. The monoisotopic (exact) mass is 261 g/mol. The van der Waals surface area contributed by atoms with Crippen molar-refractivity contribution in [2.24, 2.45) is 0 Å². The van der Waals surface area contributed by atoms with Gasteiger partial charge in [-0.05, 0) is 48.6 Å². The van der Waals surface area contributed by atoms with Gasteiger partial charge in [-0.2, -0.15) is 0 Å². The van der Waals surface area contributed by atoms with Crippen LogP contribution < -0.4 is 10.1 Å². The van der Waals surface area contributed by atoms with Gasteiger partial charge in [-0.15, -0.1) is 11.3 Å². The maximum absolute atomic E-state index is 5.16. The quantitative estimate of drug-likeness (QED) is 0.881. The summed E-state index contributed by atoms with van der Waals surface area (Å²) >= 11 is 1.81. The van der Waals surface area contributed by atoms with Gasteiger partial charge in [0.1, 0.15) is 5.75 Å². The van der Waals surface area contributed by atoms with E-state index in [-0.39, 0.29) is 0 Å². The minimum absolute atomic E-state index is 0.345. The number of hydrogen-bond donors (Lipinski definition) is 1. The van der Waals surface area contributed by atoms with Crippen LogP contribution in [-0.2, 0) is 6.54 Å². The molecule has 0 fully saturated rings. The Balaban J connectivity index is 1.94. The highest BCUT2D eigenvalue weighted by Gasteiger charge is 2.06.